The number of hydrogen-bond acceptors (Lipinski definition) is 5. The third-order valence-corrected chi connectivity index (χ3v) is 4.05. The van der Waals surface area contributed by atoms with Crippen molar-refractivity contribution in [3.63, 3.8) is 0 Å². The van der Waals surface area contributed by atoms with Gasteiger partial charge in [-0.3, -0.25) is 9.89 Å². The maximum atomic E-state index is 11.9. The van der Waals surface area contributed by atoms with Crippen LogP contribution in [-0.2, 0) is 11.2 Å². The number of terminal acetylenes is 1. The molecule has 3 rings (SSSR count). The maximum Gasteiger partial charge on any atom is 0.220 e. The summed E-state index contributed by atoms with van der Waals surface area (Å²) in [5.74, 6) is 3.98. The van der Waals surface area contributed by atoms with Gasteiger partial charge in [-0.1, -0.05) is 30.3 Å². The molecular weight excluding hydrogens is 316 g/mol. The summed E-state index contributed by atoms with van der Waals surface area (Å²) in [6.45, 7) is 0.508. The molecule has 7 heteroatoms. The van der Waals surface area contributed by atoms with Crippen molar-refractivity contribution in [1.82, 2.24) is 20.5 Å². The normalized spacial score (nSPS) is 14.0. The number of H-pyrrole nitrogens is 1. The van der Waals surface area contributed by atoms with Crippen LogP contribution in [0.25, 0.3) is 11.4 Å². The van der Waals surface area contributed by atoms with Crippen LogP contribution in [0.4, 0.5) is 0 Å². The molecule has 0 saturated carbocycles. The second-order valence-corrected chi connectivity index (χ2v) is 5.96. The van der Waals surface area contributed by atoms with Gasteiger partial charge >= 0.3 is 0 Å². The Kier molecular flexibility index (Phi) is 5.19. The van der Waals surface area contributed by atoms with E-state index in [0.29, 0.717) is 38.1 Å². The van der Waals surface area contributed by atoms with Gasteiger partial charge in [0.1, 0.15) is 5.82 Å². The molecule has 0 radical (unpaired) electrons. The molecule has 2 N–H and O–H groups in total. The molecule has 2 aromatic rings. The minimum atomic E-state index is -0.404. The molecule has 1 aliphatic heterocycles. The quantitative estimate of drug-likeness (QED) is 0.689. The Bertz CT molecular complexity index is 783. The van der Waals surface area contributed by atoms with E-state index in [4.69, 9.17) is 6.42 Å². The maximum absolute atomic E-state index is 11.9. The highest BCUT2D eigenvalue weighted by atomic mass is 16.1. The number of aromatic amines is 1. The van der Waals surface area contributed by atoms with Crippen LogP contribution in [0.5, 0.6) is 0 Å². The lowest BCUT2D eigenvalue weighted by atomic mass is 10.0. The molecule has 0 atom stereocenters. The predicted molar refractivity (Wildman–Crippen MR) is 93.4 cm³/mol. The highest BCUT2D eigenvalue weighted by molar-refractivity contribution is 5.76. The van der Waals surface area contributed by atoms with Crippen LogP contribution in [0.1, 0.15) is 31.5 Å². The first-order valence-corrected chi connectivity index (χ1v) is 8.32. The van der Waals surface area contributed by atoms with E-state index >= 15 is 0 Å². The molecule has 0 saturated heterocycles. The summed E-state index contributed by atoms with van der Waals surface area (Å²) in [6.07, 6.45) is 8.20. The van der Waals surface area contributed by atoms with Crippen molar-refractivity contribution in [2.45, 2.75) is 37.8 Å². The Morgan fingerprint density at radius 1 is 1.24 bits per heavy atom. The molecule has 2 heterocycles. The Hall–Kier alpha value is -3.01. The van der Waals surface area contributed by atoms with Crippen molar-refractivity contribution in [2.75, 3.05) is 6.54 Å². The van der Waals surface area contributed by atoms with Gasteiger partial charge in [-0.15, -0.1) is 12.3 Å². The van der Waals surface area contributed by atoms with Crippen molar-refractivity contribution in [2.24, 2.45) is 10.2 Å². The smallest absolute Gasteiger partial charge is 0.220 e. The molecule has 0 unspecified atom stereocenters. The number of rotatable bonds is 9. The molecule has 25 heavy (non-hydrogen) atoms. The molecule has 0 bridgehead atoms. The summed E-state index contributed by atoms with van der Waals surface area (Å²) < 4.78 is 0. The lowest BCUT2D eigenvalue weighted by Crippen LogP contribution is -2.27. The third kappa shape index (κ3) is 4.73. The number of carbonyl (C=O) groups is 1. The van der Waals surface area contributed by atoms with Crippen molar-refractivity contribution < 1.29 is 4.79 Å². The fraction of sp³-hybridized carbons (Fsp3) is 0.389. The molecular formula is C18H20N6O. The first-order chi connectivity index (χ1) is 12.2. The van der Waals surface area contributed by atoms with Gasteiger partial charge in [0, 0.05) is 44.2 Å². The molecule has 7 nitrogen and oxygen atoms in total. The molecule has 1 aliphatic rings. The van der Waals surface area contributed by atoms with E-state index in [0.717, 1.165) is 17.8 Å². The molecule has 1 amide bonds. The first-order valence-electron chi connectivity index (χ1n) is 8.32. The van der Waals surface area contributed by atoms with Crippen LogP contribution >= 0.6 is 0 Å². The van der Waals surface area contributed by atoms with Crippen molar-refractivity contribution in [1.29, 1.82) is 0 Å². The number of hydrogen-bond donors (Lipinski definition) is 2. The monoisotopic (exact) mass is 336 g/mol. The lowest BCUT2D eigenvalue weighted by molar-refractivity contribution is -0.121. The molecule has 0 spiro atoms. The number of benzene rings is 1. The van der Waals surface area contributed by atoms with Gasteiger partial charge in [0.15, 0.2) is 11.5 Å². The van der Waals surface area contributed by atoms with Crippen LogP contribution in [0.3, 0.4) is 0 Å². The third-order valence-electron chi connectivity index (χ3n) is 4.05. The van der Waals surface area contributed by atoms with Gasteiger partial charge in [-0.05, 0) is 0 Å². The second kappa shape index (κ2) is 7.71. The summed E-state index contributed by atoms with van der Waals surface area (Å²) in [6, 6.07) is 9.75. The fourth-order valence-electron chi connectivity index (χ4n) is 2.51. The average Bonchev–Trinajstić information content (AvgIpc) is 3.26. The lowest BCUT2D eigenvalue weighted by Gasteiger charge is -2.08. The molecule has 128 valence electrons. The highest BCUT2D eigenvalue weighted by Gasteiger charge is 2.39. The Morgan fingerprint density at radius 3 is 2.76 bits per heavy atom. The number of aromatic nitrogens is 3. The van der Waals surface area contributed by atoms with Crippen molar-refractivity contribution in [3.8, 4) is 23.7 Å². The summed E-state index contributed by atoms with van der Waals surface area (Å²) in [5, 5.41) is 18.1. The standard InChI is InChI=1S/C18H20N6O/c1-2-3-11-18(23-24-18)12-9-16(25)19-13-10-15-20-17(22-21-15)14-7-5-4-6-8-14/h1,4-8H,3,9-13H2,(H,19,25)(H,20,21,22). The number of nitrogens with zero attached hydrogens (tertiary/aromatic N) is 4. The van der Waals surface area contributed by atoms with Gasteiger partial charge < -0.3 is 5.32 Å². The second-order valence-electron chi connectivity index (χ2n) is 5.96. The van der Waals surface area contributed by atoms with E-state index in [1.807, 2.05) is 30.3 Å². The van der Waals surface area contributed by atoms with E-state index < -0.39 is 5.66 Å². The van der Waals surface area contributed by atoms with Crippen molar-refractivity contribution in [3.05, 3.63) is 36.2 Å². The summed E-state index contributed by atoms with van der Waals surface area (Å²) >= 11 is 0. The first kappa shape index (κ1) is 16.8. The molecule has 0 fully saturated rings. The molecule has 1 aromatic heterocycles. The minimum Gasteiger partial charge on any atom is -0.356 e. The van der Waals surface area contributed by atoms with Gasteiger partial charge in [0.05, 0.1) is 0 Å². The average molecular weight is 336 g/mol. The van der Waals surface area contributed by atoms with E-state index in [1.165, 1.54) is 0 Å². The number of carbonyl (C=O) groups excluding carboxylic acids is 1. The van der Waals surface area contributed by atoms with Crippen LogP contribution in [0.2, 0.25) is 0 Å². The van der Waals surface area contributed by atoms with Gasteiger partial charge in [-0.2, -0.15) is 15.3 Å². The Labute approximate surface area is 146 Å². The van der Waals surface area contributed by atoms with Gasteiger partial charge in [0.2, 0.25) is 5.91 Å². The molecule has 0 aliphatic carbocycles. The molecule has 1 aromatic carbocycles. The largest absolute Gasteiger partial charge is 0.356 e. The zero-order chi connectivity index (χ0) is 17.5. The fourth-order valence-corrected chi connectivity index (χ4v) is 2.51. The number of nitrogens with one attached hydrogen (secondary N) is 2. The minimum absolute atomic E-state index is 0.0137. The number of amides is 1. The van der Waals surface area contributed by atoms with Crippen LogP contribution < -0.4 is 5.32 Å². The SMILES string of the molecule is C#CCCC1(CCC(=O)NCCc2nc(-c3ccccc3)n[nH]2)N=N1. The zero-order valence-corrected chi connectivity index (χ0v) is 13.9. The summed E-state index contributed by atoms with van der Waals surface area (Å²) in [4.78, 5) is 16.4. The van der Waals surface area contributed by atoms with E-state index in [9.17, 15) is 4.79 Å². The van der Waals surface area contributed by atoms with Crippen LogP contribution in [0.15, 0.2) is 40.6 Å². The highest BCUT2D eigenvalue weighted by Crippen LogP contribution is 2.37. The van der Waals surface area contributed by atoms with Gasteiger partial charge in [-0.25, -0.2) is 4.98 Å². The Morgan fingerprint density at radius 2 is 2.04 bits per heavy atom. The summed E-state index contributed by atoms with van der Waals surface area (Å²) in [7, 11) is 0. The van der Waals surface area contributed by atoms with Crippen LogP contribution in [0, 0.1) is 12.3 Å². The van der Waals surface area contributed by atoms with E-state index in [1.54, 1.807) is 0 Å². The predicted octanol–water partition coefficient (Wildman–Crippen LogP) is 2.49. The summed E-state index contributed by atoms with van der Waals surface area (Å²) in [5.41, 5.74) is 0.558. The van der Waals surface area contributed by atoms with Gasteiger partial charge in [0.25, 0.3) is 0 Å². The van der Waals surface area contributed by atoms with E-state index in [-0.39, 0.29) is 5.91 Å². The van der Waals surface area contributed by atoms with Crippen LogP contribution in [-0.4, -0.2) is 33.3 Å². The van der Waals surface area contributed by atoms with Crippen molar-refractivity contribution >= 4 is 5.91 Å². The Balaban J connectivity index is 1.38. The van der Waals surface area contributed by atoms with E-state index in [2.05, 4.69) is 36.6 Å². The topological polar surface area (TPSA) is 95.4 Å². The zero-order valence-electron chi connectivity index (χ0n) is 13.9.